The Hall–Kier alpha value is 0.420. The molecule has 0 aromatic rings. The molecular weight excluding hydrogens is 542 g/mol. The molecule has 0 nitrogen and oxygen atoms in total. The van der Waals surface area contributed by atoms with Crippen LogP contribution in [-0.2, 0) is 0 Å². The number of halogens is 2. The molecule has 3 rings (SSSR count). The predicted octanol–water partition coefficient (Wildman–Crippen LogP) is 8.52. The second-order valence-electron chi connectivity index (χ2n) is 8.52. The minimum Gasteiger partial charge on any atom is -0.0999 e. The van der Waals surface area contributed by atoms with Crippen LogP contribution in [0.1, 0.15) is 78.1 Å². The van der Waals surface area contributed by atoms with E-state index in [4.69, 9.17) is 0 Å². The van der Waals surface area contributed by atoms with Crippen molar-refractivity contribution in [1.29, 1.82) is 0 Å². The zero-order chi connectivity index (χ0) is 18.7. The summed E-state index contributed by atoms with van der Waals surface area (Å²) in [5.74, 6) is 1.73. The SMILES string of the molecule is C=C(CCC)CCC1=C(C(CI)CCCC2=C(CC3=C(C)C3CI)C2)C1. The molecule has 0 fully saturated rings. The third-order valence-corrected chi connectivity index (χ3v) is 8.50. The molecule has 0 aromatic heterocycles. The number of rotatable bonds is 14. The molecule has 0 saturated heterocycles. The van der Waals surface area contributed by atoms with E-state index in [2.05, 4.69) is 65.6 Å². The first kappa shape index (κ1) is 21.1. The average Bonchev–Trinajstić information content (AvgIpc) is 3.54. The van der Waals surface area contributed by atoms with Gasteiger partial charge in [-0.1, -0.05) is 104 Å². The van der Waals surface area contributed by atoms with Crippen molar-refractivity contribution in [3.8, 4) is 0 Å². The first-order valence-corrected chi connectivity index (χ1v) is 13.5. The lowest BCUT2D eigenvalue weighted by atomic mass is 10.00. The van der Waals surface area contributed by atoms with Gasteiger partial charge in [-0.3, -0.25) is 0 Å². The van der Waals surface area contributed by atoms with E-state index in [1.165, 1.54) is 78.6 Å². The highest BCUT2D eigenvalue weighted by Gasteiger charge is 2.34. The van der Waals surface area contributed by atoms with Gasteiger partial charge in [-0.15, -0.1) is 0 Å². The molecule has 26 heavy (non-hydrogen) atoms. The molecule has 0 amide bonds. The smallest absolute Gasteiger partial charge is 0.0103 e. The number of hydrogen-bond acceptors (Lipinski definition) is 0. The molecular formula is C24H34I2. The molecule has 2 unspecified atom stereocenters. The largest absolute Gasteiger partial charge is 0.0999 e. The zero-order valence-corrected chi connectivity index (χ0v) is 20.9. The van der Waals surface area contributed by atoms with Crippen LogP contribution in [0.3, 0.4) is 0 Å². The van der Waals surface area contributed by atoms with Crippen molar-refractivity contribution in [2.45, 2.75) is 78.1 Å². The maximum absolute atomic E-state index is 4.22. The van der Waals surface area contributed by atoms with Gasteiger partial charge >= 0.3 is 0 Å². The molecule has 2 heteroatoms. The van der Waals surface area contributed by atoms with Crippen LogP contribution in [0.4, 0.5) is 0 Å². The van der Waals surface area contributed by atoms with E-state index in [0.29, 0.717) is 0 Å². The van der Waals surface area contributed by atoms with E-state index in [1.807, 2.05) is 5.57 Å². The fourth-order valence-corrected chi connectivity index (χ4v) is 6.57. The molecule has 0 radical (unpaired) electrons. The summed E-state index contributed by atoms with van der Waals surface area (Å²) in [6.45, 7) is 8.82. The molecule has 3 aliphatic carbocycles. The number of hydrogen-bond donors (Lipinski definition) is 0. The fourth-order valence-electron chi connectivity index (χ4n) is 4.41. The van der Waals surface area contributed by atoms with Gasteiger partial charge in [0.1, 0.15) is 0 Å². The lowest BCUT2D eigenvalue weighted by molar-refractivity contribution is 0.604. The van der Waals surface area contributed by atoms with Crippen LogP contribution in [0.15, 0.2) is 45.6 Å². The van der Waals surface area contributed by atoms with Crippen LogP contribution in [-0.4, -0.2) is 8.86 Å². The summed E-state index contributed by atoms with van der Waals surface area (Å²) in [5, 5.41) is 0. The highest BCUT2D eigenvalue weighted by Crippen LogP contribution is 2.50. The summed E-state index contributed by atoms with van der Waals surface area (Å²) in [7, 11) is 0. The van der Waals surface area contributed by atoms with E-state index in [9.17, 15) is 0 Å². The first-order valence-electron chi connectivity index (χ1n) is 10.5. The van der Waals surface area contributed by atoms with Crippen molar-refractivity contribution in [3.05, 3.63) is 45.6 Å². The van der Waals surface area contributed by atoms with E-state index in [1.54, 1.807) is 27.9 Å². The van der Waals surface area contributed by atoms with Crippen molar-refractivity contribution in [2.24, 2.45) is 11.8 Å². The molecule has 144 valence electrons. The van der Waals surface area contributed by atoms with Crippen molar-refractivity contribution in [2.75, 3.05) is 8.86 Å². The number of allylic oxidation sites excluding steroid dienone is 7. The summed E-state index contributed by atoms with van der Waals surface area (Å²) in [5.41, 5.74) is 12.1. The maximum Gasteiger partial charge on any atom is 0.0103 e. The van der Waals surface area contributed by atoms with Gasteiger partial charge in [0.05, 0.1) is 0 Å². The third kappa shape index (κ3) is 5.71. The van der Waals surface area contributed by atoms with Crippen LogP contribution in [0, 0.1) is 11.8 Å². The number of alkyl halides is 2. The zero-order valence-electron chi connectivity index (χ0n) is 16.6. The topological polar surface area (TPSA) is 0 Å². The Kier molecular flexibility index (Phi) is 7.93. The van der Waals surface area contributed by atoms with Gasteiger partial charge in [0.2, 0.25) is 0 Å². The predicted molar refractivity (Wildman–Crippen MR) is 132 cm³/mol. The van der Waals surface area contributed by atoms with Crippen LogP contribution in [0.2, 0.25) is 0 Å². The Balaban J connectivity index is 1.35. The lowest BCUT2D eigenvalue weighted by Crippen LogP contribution is -1.99. The van der Waals surface area contributed by atoms with E-state index in [0.717, 1.165) is 11.8 Å². The van der Waals surface area contributed by atoms with Crippen molar-refractivity contribution < 1.29 is 0 Å². The average molecular weight is 576 g/mol. The van der Waals surface area contributed by atoms with Crippen molar-refractivity contribution in [1.82, 2.24) is 0 Å². The molecule has 0 spiro atoms. The van der Waals surface area contributed by atoms with Gasteiger partial charge in [-0.2, -0.15) is 0 Å². The normalized spacial score (nSPS) is 22.2. The third-order valence-electron chi connectivity index (χ3n) is 6.55. The molecule has 2 atom stereocenters. The Morgan fingerprint density at radius 3 is 2.58 bits per heavy atom. The van der Waals surface area contributed by atoms with Crippen LogP contribution in [0.5, 0.6) is 0 Å². The molecule has 3 aliphatic rings. The van der Waals surface area contributed by atoms with Gasteiger partial charge in [0.25, 0.3) is 0 Å². The second kappa shape index (κ2) is 9.76. The minimum atomic E-state index is 0.863. The van der Waals surface area contributed by atoms with Gasteiger partial charge in [-0.05, 0) is 70.6 Å². The monoisotopic (exact) mass is 576 g/mol. The summed E-state index contributed by atoms with van der Waals surface area (Å²) < 4.78 is 2.60. The first-order chi connectivity index (χ1) is 12.6. The van der Waals surface area contributed by atoms with Crippen molar-refractivity contribution >= 4 is 45.2 Å². The standard InChI is InChI=1S/C24H34I2/c1-4-6-16(2)9-10-19-12-23(19)20(14-25)8-5-7-18-11-21(18)13-22-17(3)24(22)15-26/h20,24H,2,4-15H2,1,3H3. The van der Waals surface area contributed by atoms with Gasteiger partial charge in [0, 0.05) is 14.8 Å². The van der Waals surface area contributed by atoms with Crippen LogP contribution < -0.4 is 0 Å². The van der Waals surface area contributed by atoms with Crippen molar-refractivity contribution in [3.63, 3.8) is 0 Å². The van der Waals surface area contributed by atoms with E-state index < -0.39 is 0 Å². The van der Waals surface area contributed by atoms with E-state index >= 15 is 0 Å². The molecule has 0 bridgehead atoms. The lowest BCUT2D eigenvalue weighted by Gasteiger charge is -2.09. The Bertz CT molecular complexity index is 647. The molecule has 0 aromatic carbocycles. The summed E-state index contributed by atoms with van der Waals surface area (Å²) >= 11 is 5.15. The summed E-state index contributed by atoms with van der Waals surface area (Å²) in [6.07, 6.45) is 13.2. The molecule has 0 saturated carbocycles. The molecule has 0 heterocycles. The quantitative estimate of drug-likeness (QED) is 0.111. The minimum absolute atomic E-state index is 0.863. The molecule has 0 aliphatic heterocycles. The summed E-state index contributed by atoms with van der Waals surface area (Å²) in [6, 6.07) is 0. The van der Waals surface area contributed by atoms with E-state index in [-0.39, 0.29) is 0 Å². The van der Waals surface area contributed by atoms with Crippen LogP contribution in [0.25, 0.3) is 0 Å². The second-order valence-corrected chi connectivity index (χ2v) is 10.3. The Morgan fingerprint density at radius 2 is 1.92 bits per heavy atom. The Labute approximate surface area is 188 Å². The highest BCUT2D eigenvalue weighted by atomic mass is 127. The fraction of sp³-hybridized carbons (Fsp3) is 0.667. The highest BCUT2D eigenvalue weighted by molar-refractivity contribution is 14.1. The molecule has 0 N–H and O–H groups in total. The van der Waals surface area contributed by atoms with Crippen LogP contribution >= 0.6 is 45.2 Å². The Morgan fingerprint density at radius 1 is 1.12 bits per heavy atom. The van der Waals surface area contributed by atoms with Gasteiger partial charge in [-0.25, -0.2) is 0 Å². The van der Waals surface area contributed by atoms with Gasteiger partial charge in [0.15, 0.2) is 0 Å². The maximum atomic E-state index is 4.22. The summed E-state index contributed by atoms with van der Waals surface area (Å²) in [4.78, 5) is 0. The van der Waals surface area contributed by atoms with Gasteiger partial charge < -0.3 is 0 Å².